The van der Waals surface area contributed by atoms with E-state index in [1.165, 1.54) is 6.92 Å². The van der Waals surface area contributed by atoms with Crippen molar-refractivity contribution in [1.29, 1.82) is 0 Å². The fourth-order valence-corrected chi connectivity index (χ4v) is 2.16. The summed E-state index contributed by atoms with van der Waals surface area (Å²) in [6, 6.07) is 6.96. The summed E-state index contributed by atoms with van der Waals surface area (Å²) in [6.07, 6.45) is 0. The molecule has 0 saturated carbocycles. The average Bonchev–Trinajstić information content (AvgIpc) is 2.72. The molecule has 1 aromatic heterocycles. The van der Waals surface area contributed by atoms with Gasteiger partial charge in [0.05, 0.1) is 22.8 Å². The zero-order valence-electron chi connectivity index (χ0n) is 13.6. The Morgan fingerprint density at radius 1 is 1.22 bits per heavy atom. The van der Waals surface area contributed by atoms with Crippen molar-refractivity contribution in [2.75, 3.05) is 17.2 Å². The Bertz CT molecular complexity index is 737. The first-order valence-corrected chi connectivity index (χ1v) is 7.18. The molecule has 0 fully saturated rings. The molecule has 122 valence electrons. The van der Waals surface area contributed by atoms with Crippen LogP contribution in [0.15, 0.2) is 24.3 Å². The van der Waals surface area contributed by atoms with Crippen molar-refractivity contribution in [3.63, 3.8) is 0 Å². The SMILES string of the molecule is CC(=O)Nc1ccccc1OCC(=O)Nc1c(C)nn(C)c1C. The van der Waals surface area contributed by atoms with E-state index in [-0.39, 0.29) is 18.4 Å². The number of aromatic nitrogens is 2. The van der Waals surface area contributed by atoms with Crippen LogP contribution in [0.5, 0.6) is 5.75 Å². The lowest BCUT2D eigenvalue weighted by molar-refractivity contribution is -0.118. The monoisotopic (exact) mass is 316 g/mol. The zero-order valence-corrected chi connectivity index (χ0v) is 13.6. The fraction of sp³-hybridized carbons (Fsp3) is 0.312. The van der Waals surface area contributed by atoms with E-state index in [0.29, 0.717) is 17.1 Å². The van der Waals surface area contributed by atoms with Gasteiger partial charge >= 0.3 is 0 Å². The fourth-order valence-electron chi connectivity index (χ4n) is 2.16. The Labute approximate surface area is 134 Å². The van der Waals surface area contributed by atoms with Gasteiger partial charge < -0.3 is 15.4 Å². The minimum atomic E-state index is -0.290. The number of para-hydroxylation sites is 2. The van der Waals surface area contributed by atoms with Crippen LogP contribution in [0, 0.1) is 13.8 Å². The van der Waals surface area contributed by atoms with Crippen molar-refractivity contribution in [1.82, 2.24) is 9.78 Å². The van der Waals surface area contributed by atoms with Gasteiger partial charge in [0, 0.05) is 14.0 Å². The Kier molecular flexibility index (Phi) is 5.00. The second-order valence-electron chi connectivity index (χ2n) is 5.18. The predicted molar refractivity (Wildman–Crippen MR) is 87.6 cm³/mol. The zero-order chi connectivity index (χ0) is 17.0. The molecule has 2 aromatic rings. The topological polar surface area (TPSA) is 85.2 Å². The van der Waals surface area contributed by atoms with E-state index in [1.54, 1.807) is 28.9 Å². The number of nitrogens with one attached hydrogen (secondary N) is 2. The molecule has 0 aliphatic heterocycles. The van der Waals surface area contributed by atoms with Crippen molar-refractivity contribution in [3.8, 4) is 5.75 Å². The molecule has 0 spiro atoms. The lowest BCUT2D eigenvalue weighted by Gasteiger charge is -2.11. The van der Waals surface area contributed by atoms with Gasteiger partial charge in [-0.3, -0.25) is 14.3 Å². The molecule has 0 aliphatic rings. The normalized spacial score (nSPS) is 10.3. The quantitative estimate of drug-likeness (QED) is 0.883. The Hall–Kier alpha value is -2.83. The second-order valence-corrected chi connectivity index (χ2v) is 5.18. The van der Waals surface area contributed by atoms with Gasteiger partial charge in [0.2, 0.25) is 5.91 Å². The lowest BCUT2D eigenvalue weighted by Crippen LogP contribution is -2.21. The van der Waals surface area contributed by atoms with Crippen molar-refractivity contribution in [3.05, 3.63) is 35.7 Å². The molecule has 1 aromatic carbocycles. The summed E-state index contributed by atoms with van der Waals surface area (Å²) in [4.78, 5) is 23.2. The highest BCUT2D eigenvalue weighted by atomic mass is 16.5. The summed E-state index contributed by atoms with van der Waals surface area (Å²) in [6.45, 7) is 4.96. The first-order chi connectivity index (χ1) is 10.9. The highest BCUT2D eigenvalue weighted by Crippen LogP contribution is 2.24. The number of carbonyl (C=O) groups is 2. The van der Waals surface area contributed by atoms with Gasteiger partial charge in [0.15, 0.2) is 6.61 Å². The molecule has 0 saturated heterocycles. The number of hydrogen-bond acceptors (Lipinski definition) is 4. The number of nitrogens with zero attached hydrogens (tertiary/aromatic N) is 2. The summed E-state index contributed by atoms with van der Waals surface area (Å²) in [5.74, 6) is -0.0496. The van der Waals surface area contributed by atoms with Gasteiger partial charge in [-0.2, -0.15) is 5.10 Å². The van der Waals surface area contributed by atoms with Crippen molar-refractivity contribution >= 4 is 23.2 Å². The summed E-state index contributed by atoms with van der Waals surface area (Å²) in [5.41, 5.74) is 2.84. The Morgan fingerprint density at radius 2 is 1.91 bits per heavy atom. The largest absolute Gasteiger partial charge is 0.482 e. The van der Waals surface area contributed by atoms with Crippen LogP contribution in [-0.4, -0.2) is 28.2 Å². The second kappa shape index (κ2) is 6.95. The molecule has 2 N–H and O–H groups in total. The minimum absolute atomic E-state index is 0.162. The number of rotatable bonds is 5. The maximum absolute atomic E-state index is 12.1. The van der Waals surface area contributed by atoms with Crippen LogP contribution < -0.4 is 15.4 Å². The molecule has 0 aliphatic carbocycles. The van der Waals surface area contributed by atoms with Crippen LogP contribution in [-0.2, 0) is 16.6 Å². The molecule has 23 heavy (non-hydrogen) atoms. The molecule has 2 amide bonds. The molecule has 7 nitrogen and oxygen atoms in total. The van der Waals surface area contributed by atoms with Gasteiger partial charge in [-0.15, -0.1) is 0 Å². The van der Waals surface area contributed by atoms with Gasteiger partial charge in [-0.25, -0.2) is 0 Å². The van der Waals surface area contributed by atoms with Crippen molar-refractivity contribution < 1.29 is 14.3 Å². The van der Waals surface area contributed by atoms with Gasteiger partial charge in [0.25, 0.3) is 5.91 Å². The van der Waals surface area contributed by atoms with Crippen LogP contribution in [0.3, 0.4) is 0 Å². The molecule has 7 heteroatoms. The van der Waals surface area contributed by atoms with Gasteiger partial charge in [-0.1, -0.05) is 12.1 Å². The third kappa shape index (κ3) is 4.09. The third-order valence-corrected chi connectivity index (χ3v) is 3.33. The Balaban J connectivity index is 2.01. The molecular weight excluding hydrogens is 296 g/mol. The smallest absolute Gasteiger partial charge is 0.262 e. The summed E-state index contributed by atoms with van der Waals surface area (Å²) in [5, 5.41) is 9.70. The average molecular weight is 316 g/mol. The molecular formula is C16H20N4O3. The molecule has 1 heterocycles. The molecule has 0 bridgehead atoms. The number of aryl methyl sites for hydroxylation is 2. The number of benzene rings is 1. The van der Waals surface area contributed by atoms with Crippen LogP contribution in [0.1, 0.15) is 18.3 Å². The molecule has 0 unspecified atom stereocenters. The maximum atomic E-state index is 12.1. The highest BCUT2D eigenvalue weighted by Gasteiger charge is 2.13. The lowest BCUT2D eigenvalue weighted by atomic mass is 10.3. The van der Waals surface area contributed by atoms with E-state index in [2.05, 4.69) is 15.7 Å². The standard InChI is InChI=1S/C16H20N4O3/c1-10-16(11(2)20(4)19-10)18-15(22)9-23-14-8-6-5-7-13(14)17-12(3)21/h5-8H,9H2,1-4H3,(H,17,21)(H,18,22). The van der Waals surface area contributed by atoms with E-state index in [4.69, 9.17) is 4.74 Å². The summed E-state index contributed by atoms with van der Waals surface area (Å²) >= 11 is 0. The number of anilines is 2. The number of amides is 2. The van der Waals surface area contributed by atoms with E-state index < -0.39 is 0 Å². The molecule has 0 radical (unpaired) electrons. The van der Waals surface area contributed by atoms with E-state index in [0.717, 1.165) is 11.4 Å². The van der Waals surface area contributed by atoms with Gasteiger partial charge in [-0.05, 0) is 26.0 Å². The van der Waals surface area contributed by atoms with Crippen molar-refractivity contribution in [2.45, 2.75) is 20.8 Å². The van der Waals surface area contributed by atoms with Crippen molar-refractivity contribution in [2.24, 2.45) is 7.05 Å². The maximum Gasteiger partial charge on any atom is 0.262 e. The van der Waals surface area contributed by atoms with Crippen LogP contribution in [0.2, 0.25) is 0 Å². The number of ether oxygens (including phenoxy) is 1. The predicted octanol–water partition coefficient (Wildman–Crippen LogP) is 2.01. The van der Waals surface area contributed by atoms with E-state index in [1.807, 2.05) is 20.9 Å². The minimum Gasteiger partial charge on any atom is -0.482 e. The number of hydrogen-bond donors (Lipinski definition) is 2. The van der Waals surface area contributed by atoms with E-state index in [9.17, 15) is 9.59 Å². The van der Waals surface area contributed by atoms with Crippen LogP contribution >= 0.6 is 0 Å². The molecule has 2 rings (SSSR count). The summed E-state index contributed by atoms with van der Waals surface area (Å²) < 4.78 is 7.21. The molecule has 0 atom stereocenters. The first kappa shape index (κ1) is 16.5. The Morgan fingerprint density at radius 3 is 2.52 bits per heavy atom. The number of carbonyl (C=O) groups excluding carboxylic acids is 2. The van der Waals surface area contributed by atoms with Crippen LogP contribution in [0.4, 0.5) is 11.4 Å². The highest BCUT2D eigenvalue weighted by molar-refractivity contribution is 5.93. The summed E-state index contributed by atoms with van der Waals surface area (Å²) in [7, 11) is 1.82. The van der Waals surface area contributed by atoms with E-state index >= 15 is 0 Å². The van der Waals surface area contributed by atoms with Crippen LogP contribution in [0.25, 0.3) is 0 Å². The third-order valence-electron chi connectivity index (χ3n) is 3.33. The first-order valence-electron chi connectivity index (χ1n) is 7.18. The van der Waals surface area contributed by atoms with Gasteiger partial charge in [0.1, 0.15) is 5.75 Å².